The van der Waals surface area contributed by atoms with E-state index in [9.17, 15) is 5.11 Å². The fraction of sp³-hybridized carbons (Fsp3) is 0.458. The van der Waals surface area contributed by atoms with E-state index >= 15 is 0 Å². The smallest absolute Gasteiger partial charge is 0.132 e. The highest BCUT2D eigenvalue weighted by Gasteiger charge is 2.36. The molecule has 1 atom stereocenters. The number of hydrogen-bond donors (Lipinski definition) is 2. The van der Waals surface area contributed by atoms with Crippen molar-refractivity contribution in [3.63, 3.8) is 0 Å². The van der Waals surface area contributed by atoms with Crippen molar-refractivity contribution in [1.82, 2.24) is 25.1 Å². The molecule has 3 heterocycles. The second kappa shape index (κ2) is 9.67. The number of ether oxygens (including phenoxy) is 1. The number of anilines is 1. The molecule has 1 aromatic carbocycles. The van der Waals surface area contributed by atoms with Crippen molar-refractivity contribution in [2.45, 2.75) is 45.9 Å². The van der Waals surface area contributed by atoms with E-state index in [1.54, 1.807) is 6.33 Å². The molecule has 1 fully saturated rings. The van der Waals surface area contributed by atoms with Gasteiger partial charge >= 0.3 is 0 Å². The lowest BCUT2D eigenvalue weighted by Gasteiger charge is -2.24. The molecule has 8 nitrogen and oxygen atoms in total. The van der Waals surface area contributed by atoms with E-state index in [4.69, 9.17) is 4.74 Å². The zero-order valence-corrected chi connectivity index (χ0v) is 19.1. The van der Waals surface area contributed by atoms with Gasteiger partial charge < -0.3 is 20.1 Å². The van der Waals surface area contributed by atoms with Crippen molar-refractivity contribution in [3.05, 3.63) is 65.4 Å². The molecule has 2 N–H and O–H groups in total. The second-order valence-corrected chi connectivity index (χ2v) is 8.66. The van der Waals surface area contributed by atoms with E-state index in [0.29, 0.717) is 32.7 Å². The quantitative estimate of drug-likeness (QED) is 0.533. The van der Waals surface area contributed by atoms with Crippen molar-refractivity contribution in [2.24, 2.45) is 0 Å². The number of nitrogens with zero attached hydrogens (tertiary/aromatic N) is 5. The molecule has 1 saturated heterocycles. The fourth-order valence-corrected chi connectivity index (χ4v) is 4.10. The maximum absolute atomic E-state index is 11.0. The Kier molecular flexibility index (Phi) is 6.72. The highest BCUT2D eigenvalue weighted by atomic mass is 16.5. The first kappa shape index (κ1) is 22.2. The summed E-state index contributed by atoms with van der Waals surface area (Å²) in [4.78, 5) is 10.6. The van der Waals surface area contributed by atoms with E-state index in [0.717, 1.165) is 47.3 Å². The van der Waals surface area contributed by atoms with E-state index in [2.05, 4.69) is 50.4 Å². The molecule has 0 radical (unpaired) electrons. The minimum atomic E-state index is -0.759. The SMILES string of the molecule is Cc1cc(N2CC[C@](O)(CNCc3ccc(OCCn4nc(C)cc4C)cc3)C2)ncn1. The Hall–Kier alpha value is -2.97. The van der Waals surface area contributed by atoms with Crippen LogP contribution in [0.5, 0.6) is 5.75 Å². The monoisotopic (exact) mass is 436 g/mol. The molecule has 0 saturated carbocycles. The van der Waals surface area contributed by atoms with Crippen LogP contribution < -0.4 is 15.0 Å². The molecule has 0 aliphatic carbocycles. The summed E-state index contributed by atoms with van der Waals surface area (Å²) in [5, 5.41) is 18.8. The molecular weight excluding hydrogens is 404 g/mol. The zero-order valence-electron chi connectivity index (χ0n) is 19.1. The lowest BCUT2D eigenvalue weighted by Crippen LogP contribution is -2.43. The number of rotatable bonds is 9. The normalized spacial score (nSPS) is 18.3. The van der Waals surface area contributed by atoms with E-state index in [1.165, 1.54) is 0 Å². The molecule has 0 spiro atoms. The highest BCUT2D eigenvalue weighted by molar-refractivity contribution is 5.41. The predicted molar refractivity (Wildman–Crippen MR) is 124 cm³/mol. The van der Waals surface area contributed by atoms with Crippen LogP contribution in [-0.2, 0) is 13.1 Å². The van der Waals surface area contributed by atoms with Crippen molar-refractivity contribution in [3.8, 4) is 5.75 Å². The van der Waals surface area contributed by atoms with Crippen molar-refractivity contribution in [1.29, 1.82) is 0 Å². The molecule has 4 rings (SSSR count). The van der Waals surface area contributed by atoms with Gasteiger partial charge in [0.05, 0.1) is 17.8 Å². The third-order valence-electron chi connectivity index (χ3n) is 5.83. The predicted octanol–water partition coefficient (Wildman–Crippen LogP) is 2.41. The van der Waals surface area contributed by atoms with Crippen LogP contribution in [-0.4, -0.2) is 56.7 Å². The molecule has 0 bridgehead atoms. The van der Waals surface area contributed by atoms with Crippen LogP contribution in [0.3, 0.4) is 0 Å². The summed E-state index contributed by atoms with van der Waals surface area (Å²) in [5.41, 5.74) is 3.50. The minimum absolute atomic E-state index is 0.536. The molecule has 8 heteroatoms. The minimum Gasteiger partial charge on any atom is -0.492 e. The molecule has 32 heavy (non-hydrogen) atoms. The summed E-state index contributed by atoms with van der Waals surface area (Å²) in [6.45, 7) is 9.90. The van der Waals surface area contributed by atoms with Gasteiger partial charge in [0.1, 0.15) is 24.5 Å². The summed E-state index contributed by atoms with van der Waals surface area (Å²) in [6.07, 6.45) is 2.29. The third kappa shape index (κ3) is 5.63. The van der Waals surface area contributed by atoms with Crippen LogP contribution in [0.1, 0.15) is 29.1 Å². The number of aromatic nitrogens is 4. The van der Waals surface area contributed by atoms with Gasteiger partial charge in [-0.1, -0.05) is 12.1 Å². The van der Waals surface area contributed by atoms with Crippen LogP contribution in [0.15, 0.2) is 42.7 Å². The van der Waals surface area contributed by atoms with Crippen molar-refractivity contribution < 1.29 is 9.84 Å². The highest BCUT2D eigenvalue weighted by Crippen LogP contribution is 2.25. The summed E-state index contributed by atoms with van der Waals surface area (Å²) >= 11 is 0. The van der Waals surface area contributed by atoms with Crippen molar-refractivity contribution in [2.75, 3.05) is 31.1 Å². The molecule has 0 unspecified atom stereocenters. The average Bonchev–Trinajstić information content (AvgIpc) is 3.31. The lowest BCUT2D eigenvalue weighted by molar-refractivity contribution is 0.0626. The van der Waals surface area contributed by atoms with Crippen LogP contribution in [0, 0.1) is 20.8 Å². The van der Waals surface area contributed by atoms with E-state index < -0.39 is 5.60 Å². The van der Waals surface area contributed by atoms with Crippen molar-refractivity contribution >= 4 is 5.82 Å². The van der Waals surface area contributed by atoms with Crippen LogP contribution in [0.4, 0.5) is 5.82 Å². The molecule has 2 aromatic heterocycles. The first-order chi connectivity index (χ1) is 15.4. The Morgan fingerprint density at radius 3 is 2.62 bits per heavy atom. The lowest BCUT2D eigenvalue weighted by atomic mass is 10.0. The number of nitrogens with one attached hydrogen (secondary N) is 1. The molecule has 3 aromatic rings. The van der Waals surface area contributed by atoms with E-state index in [-0.39, 0.29) is 0 Å². The van der Waals surface area contributed by atoms with Gasteiger partial charge in [-0.2, -0.15) is 5.10 Å². The average molecular weight is 437 g/mol. The molecule has 170 valence electrons. The topological polar surface area (TPSA) is 88.3 Å². The Bertz CT molecular complexity index is 1040. The van der Waals surface area contributed by atoms with Gasteiger partial charge in [-0.15, -0.1) is 0 Å². The van der Waals surface area contributed by atoms with Crippen LogP contribution in [0.25, 0.3) is 0 Å². The summed E-state index contributed by atoms with van der Waals surface area (Å²) < 4.78 is 7.82. The van der Waals surface area contributed by atoms with Gasteiger partial charge in [0, 0.05) is 43.6 Å². The van der Waals surface area contributed by atoms with Crippen LogP contribution in [0.2, 0.25) is 0 Å². The Balaban J connectivity index is 1.20. The number of hydrogen-bond acceptors (Lipinski definition) is 7. The molecular formula is C24H32N6O2. The van der Waals surface area contributed by atoms with Gasteiger partial charge in [-0.05, 0) is 51.0 Å². The largest absolute Gasteiger partial charge is 0.492 e. The maximum atomic E-state index is 11.0. The Labute approximate surface area is 189 Å². The maximum Gasteiger partial charge on any atom is 0.132 e. The number of β-amino-alcohol motifs (C(OH)–C–C–N with tert-alkyl or cyclic N) is 1. The molecule has 1 aliphatic heterocycles. The first-order valence-electron chi connectivity index (χ1n) is 11.1. The molecule has 0 amide bonds. The zero-order chi connectivity index (χ0) is 22.6. The summed E-state index contributed by atoms with van der Waals surface area (Å²) in [5.74, 6) is 1.72. The number of aryl methyl sites for hydroxylation is 3. The summed E-state index contributed by atoms with van der Waals surface area (Å²) in [7, 11) is 0. The van der Waals surface area contributed by atoms with Gasteiger partial charge in [0.2, 0.25) is 0 Å². The standard InChI is InChI=1S/C24H32N6O2/c1-18-13-23(27-17-26-18)29-9-8-24(31,16-29)15-25-14-21-4-6-22(7-5-21)32-11-10-30-20(3)12-19(2)28-30/h4-7,12-13,17,25,31H,8-11,14-16H2,1-3H3/t24-/m0/s1. The number of benzene rings is 1. The summed E-state index contributed by atoms with van der Waals surface area (Å²) in [6, 6.07) is 12.1. The van der Waals surface area contributed by atoms with Gasteiger partial charge in [0.25, 0.3) is 0 Å². The number of aliphatic hydroxyl groups is 1. The third-order valence-corrected chi connectivity index (χ3v) is 5.83. The Morgan fingerprint density at radius 2 is 1.91 bits per heavy atom. The Morgan fingerprint density at radius 1 is 1.09 bits per heavy atom. The van der Waals surface area contributed by atoms with E-state index in [1.807, 2.05) is 36.7 Å². The van der Waals surface area contributed by atoms with Gasteiger partial charge in [-0.3, -0.25) is 4.68 Å². The van der Waals surface area contributed by atoms with Gasteiger partial charge in [0.15, 0.2) is 0 Å². The van der Waals surface area contributed by atoms with Crippen LogP contribution >= 0.6 is 0 Å². The first-order valence-corrected chi connectivity index (χ1v) is 11.1. The fourth-order valence-electron chi connectivity index (χ4n) is 4.10. The van der Waals surface area contributed by atoms with Gasteiger partial charge in [-0.25, -0.2) is 9.97 Å². The second-order valence-electron chi connectivity index (χ2n) is 8.66. The molecule has 1 aliphatic rings.